The molecule has 124 valence electrons. The number of aromatic nitrogens is 2. The number of alkyl halides is 3. The van der Waals surface area contributed by atoms with E-state index in [4.69, 9.17) is 4.52 Å². The van der Waals surface area contributed by atoms with Crippen molar-refractivity contribution in [3.63, 3.8) is 0 Å². The maximum atomic E-state index is 12.1. The number of ether oxygens (including phenoxy) is 1. The lowest BCUT2D eigenvalue weighted by atomic mass is 10.2. The van der Waals surface area contributed by atoms with E-state index >= 15 is 0 Å². The van der Waals surface area contributed by atoms with Gasteiger partial charge in [-0.2, -0.15) is 4.98 Å². The molecular weight excluding hydrogens is 315 g/mol. The predicted octanol–water partition coefficient (Wildman–Crippen LogP) is 2.37. The van der Waals surface area contributed by atoms with Gasteiger partial charge in [0.2, 0.25) is 11.7 Å². The van der Waals surface area contributed by atoms with Crippen molar-refractivity contribution < 1.29 is 27.5 Å². The smallest absolute Gasteiger partial charge is 0.406 e. The van der Waals surface area contributed by atoms with Crippen LogP contribution in [0.5, 0.6) is 5.75 Å². The number of aliphatic hydroxyl groups is 1. The normalized spacial score (nSPS) is 22.5. The Morgan fingerprint density at radius 2 is 2.00 bits per heavy atom. The van der Waals surface area contributed by atoms with E-state index < -0.39 is 12.5 Å². The number of likely N-dealkylation sites (N-methyl/N-ethyl adjacent to an activating group) is 1. The summed E-state index contributed by atoms with van der Waals surface area (Å²) in [6, 6.07) is 5.04. The van der Waals surface area contributed by atoms with Crippen LogP contribution in [0, 0.1) is 0 Å². The Balaban J connectivity index is 1.75. The third-order valence-electron chi connectivity index (χ3n) is 3.60. The van der Waals surface area contributed by atoms with Crippen molar-refractivity contribution in [2.24, 2.45) is 0 Å². The Kier molecular flexibility index (Phi) is 3.99. The van der Waals surface area contributed by atoms with Gasteiger partial charge in [-0.3, -0.25) is 4.90 Å². The number of likely N-dealkylation sites (tertiary alicyclic amines) is 1. The van der Waals surface area contributed by atoms with Crippen molar-refractivity contribution in [2.75, 3.05) is 13.6 Å². The molecule has 2 heterocycles. The molecule has 0 radical (unpaired) electrons. The summed E-state index contributed by atoms with van der Waals surface area (Å²) in [5, 5.41) is 13.5. The Bertz CT molecular complexity index is 672. The Morgan fingerprint density at radius 1 is 1.30 bits per heavy atom. The lowest BCUT2D eigenvalue weighted by Crippen LogP contribution is -2.19. The fourth-order valence-corrected chi connectivity index (χ4v) is 2.55. The third kappa shape index (κ3) is 3.62. The highest BCUT2D eigenvalue weighted by Crippen LogP contribution is 2.31. The van der Waals surface area contributed by atoms with E-state index in [0.29, 0.717) is 24.4 Å². The van der Waals surface area contributed by atoms with Gasteiger partial charge >= 0.3 is 6.36 Å². The van der Waals surface area contributed by atoms with Crippen LogP contribution < -0.4 is 4.74 Å². The van der Waals surface area contributed by atoms with Gasteiger partial charge in [0.1, 0.15) is 5.75 Å². The molecule has 1 aliphatic rings. The first-order valence-electron chi connectivity index (χ1n) is 6.90. The van der Waals surface area contributed by atoms with Crippen molar-refractivity contribution >= 4 is 0 Å². The molecule has 0 spiro atoms. The summed E-state index contributed by atoms with van der Waals surface area (Å²) in [7, 11) is 1.84. The highest BCUT2D eigenvalue weighted by atomic mass is 19.4. The van der Waals surface area contributed by atoms with Crippen LogP contribution in [-0.4, -0.2) is 46.2 Å². The van der Waals surface area contributed by atoms with Crippen molar-refractivity contribution in [1.29, 1.82) is 0 Å². The van der Waals surface area contributed by atoms with Crippen LogP contribution in [0.15, 0.2) is 28.8 Å². The monoisotopic (exact) mass is 329 g/mol. The second kappa shape index (κ2) is 5.82. The predicted molar refractivity (Wildman–Crippen MR) is 72.4 cm³/mol. The summed E-state index contributed by atoms with van der Waals surface area (Å²) >= 11 is 0. The Hall–Kier alpha value is -2.13. The summed E-state index contributed by atoms with van der Waals surface area (Å²) < 4.78 is 45.4. The number of β-amino-alcohol motifs (C(OH)–C–C–N with tert-alkyl or cyclic N) is 1. The third-order valence-corrected chi connectivity index (χ3v) is 3.60. The fraction of sp³-hybridized carbons (Fsp3) is 0.429. The van der Waals surface area contributed by atoms with Gasteiger partial charge in [-0.1, -0.05) is 5.16 Å². The van der Waals surface area contributed by atoms with E-state index in [9.17, 15) is 18.3 Å². The van der Waals surface area contributed by atoms with Crippen LogP contribution in [0.25, 0.3) is 11.4 Å². The van der Waals surface area contributed by atoms with Gasteiger partial charge in [0.05, 0.1) is 12.1 Å². The fourth-order valence-electron chi connectivity index (χ4n) is 2.55. The number of benzene rings is 1. The Morgan fingerprint density at radius 3 is 2.57 bits per heavy atom. The van der Waals surface area contributed by atoms with E-state index in [2.05, 4.69) is 14.9 Å². The van der Waals surface area contributed by atoms with Gasteiger partial charge in [0.15, 0.2) is 0 Å². The molecule has 0 aliphatic carbocycles. The highest BCUT2D eigenvalue weighted by Gasteiger charge is 2.33. The molecule has 3 rings (SSSR count). The first kappa shape index (κ1) is 15.8. The molecular formula is C14H14F3N3O3. The molecule has 1 aromatic carbocycles. The molecule has 23 heavy (non-hydrogen) atoms. The minimum absolute atomic E-state index is 0.168. The van der Waals surface area contributed by atoms with Gasteiger partial charge in [-0.05, 0) is 37.7 Å². The zero-order chi connectivity index (χ0) is 16.6. The number of halogens is 3. The summed E-state index contributed by atoms with van der Waals surface area (Å²) in [5.41, 5.74) is 0.510. The molecule has 1 aliphatic heterocycles. The average molecular weight is 329 g/mol. The second-order valence-corrected chi connectivity index (χ2v) is 5.37. The number of hydrogen-bond acceptors (Lipinski definition) is 6. The lowest BCUT2D eigenvalue weighted by Gasteiger charge is -2.13. The van der Waals surface area contributed by atoms with Crippen LogP contribution in [0.2, 0.25) is 0 Å². The molecule has 1 aromatic heterocycles. The topological polar surface area (TPSA) is 71.6 Å². The van der Waals surface area contributed by atoms with Crippen molar-refractivity contribution in [2.45, 2.75) is 24.9 Å². The van der Waals surface area contributed by atoms with Crippen molar-refractivity contribution in [3.05, 3.63) is 30.2 Å². The molecule has 0 bridgehead atoms. The minimum atomic E-state index is -4.73. The van der Waals surface area contributed by atoms with Crippen LogP contribution >= 0.6 is 0 Å². The van der Waals surface area contributed by atoms with Gasteiger partial charge in [-0.25, -0.2) is 0 Å². The largest absolute Gasteiger partial charge is 0.573 e. The number of nitrogens with zero attached hydrogens (tertiary/aromatic N) is 3. The van der Waals surface area contributed by atoms with Crippen molar-refractivity contribution in [3.8, 4) is 17.1 Å². The number of hydrogen-bond donors (Lipinski definition) is 1. The molecule has 1 saturated heterocycles. The van der Waals surface area contributed by atoms with Crippen LogP contribution in [-0.2, 0) is 0 Å². The summed E-state index contributed by atoms with van der Waals surface area (Å²) in [5.74, 6) is 0.326. The maximum absolute atomic E-state index is 12.1. The van der Waals surface area contributed by atoms with Gasteiger partial charge < -0.3 is 14.4 Å². The van der Waals surface area contributed by atoms with E-state index in [-0.39, 0.29) is 17.6 Å². The summed E-state index contributed by atoms with van der Waals surface area (Å²) in [6.45, 7) is 0.520. The number of aliphatic hydroxyl groups excluding tert-OH is 1. The zero-order valence-corrected chi connectivity index (χ0v) is 12.1. The molecule has 0 saturated carbocycles. The van der Waals surface area contributed by atoms with E-state index in [1.165, 1.54) is 24.3 Å². The molecule has 0 amide bonds. The molecule has 2 aromatic rings. The maximum Gasteiger partial charge on any atom is 0.573 e. The second-order valence-electron chi connectivity index (χ2n) is 5.37. The van der Waals surface area contributed by atoms with Crippen molar-refractivity contribution in [1.82, 2.24) is 15.0 Å². The van der Waals surface area contributed by atoms with Gasteiger partial charge in [-0.15, -0.1) is 13.2 Å². The zero-order valence-electron chi connectivity index (χ0n) is 12.1. The quantitative estimate of drug-likeness (QED) is 0.932. The molecule has 1 fully saturated rings. The molecule has 2 unspecified atom stereocenters. The first-order chi connectivity index (χ1) is 10.8. The van der Waals surface area contributed by atoms with E-state index in [1.807, 2.05) is 11.9 Å². The molecule has 2 atom stereocenters. The molecule has 1 N–H and O–H groups in total. The first-order valence-corrected chi connectivity index (χ1v) is 6.90. The summed E-state index contributed by atoms with van der Waals surface area (Å²) in [6.07, 6.45) is -4.68. The standard InChI is InChI=1S/C14H14F3N3O3/c1-20-7-9(21)6-11(20)13-18-12(19-23-13)8-2-4-10(5-3-8)22-14(15,16)17/h2-5,9,11,21H,6-7H2,1H3. The minimum Gasteiger partial charge on any atom is -0.406 e. The molecule has 9 heteroatoms. The highest BCUT2D eigenvalue weighted by molar-refractivity contribution is 5.55. The van der Waals surface area contributed by atoms with E-state index in [1.54, 1.807) is 0 Å². The average Bonchev–Trinajstić information content (AvgIpc) is 3.04. The van der Waals surface area contributed by atoms with Crippen LogP contribution in [0.4, 0.5) is 13.2 Å². The number of rotatable bonds is 3. The van der Waals surface area contributed by atoms with E-state index in [0.717, 1.165) is 0 Å². The van der Waals surface area contributed by atoms with Crippen LogP contribution in [0.3, 0.4) is 0 Å². The SMILES string of the molecule is CN1CC(O)CC1c1nc(-c2ccc(OC(F)(F)F)cc2)no1. The van der Waals surface area contributed by atoms with Crippen LogP contribution in [0.1, 0.15) is 18.4 Å². The Labute approximate surface area is 129 Å². The lowest BCUT2D eigenvalue weighted by molar-refractivity contribution is -0.274. The van der Waals surface area contributed by atoms with Gasteiger partial charge in [0.25, 0.3) is 0 Å². The summed E-state index contributed by atoms with van der Waals surface area (Å²) in [4.78, 5) is 6.16. The molecule has 6 nitrogen and oxygen atoms in total. The van der Waals surface area contributed by atoms with Gasteiger partial charge in [0, 0.05) is 12.1 Å².